The summed E-state index contributed by atoms with van der Waals surface area (Å²) in [7, 11) is 0. The number of nitrogens with zero attached hydrogens (tertiary/aromatic N) is 1. The van der Waals surface area contributed by atoms with Crippen LogP contribution >= 0.6 is 0 Å². The minimum atomic E-state index is -0.513. The molecule has 0 unspecified atom stereocenters. The predicted octanol–water partition coefficient (Wildman–Crippen LogP) is 9.16. The molecule has 0 aliphatic carbocycles. The molecule has 0 saturated heterocycles. The van der Waals surface area contributed by atoms with Gasteiger partial charge < -0.3 is 4.74 Å². The van der Waals surface area contributed by atoms with Crippen molar-refractivity contribution < 1.29 is 13.5 Å². The Morgan fingerprint density at radius 1 is 0.706 bits per heavy atom. The monoisotopic (exact) mass is 461 g/mol. The highest BCUT2D eigenvalue weighted by molar-refractivity contribution is 6.06. The smallest absolute Gasteiger partial charge is 0.221 e. The summed E-state index contributed by atoms with van der Waals surface area (Å²) in [5.74, 6) is -0.646. The molecule has 0 saturated carbocycles. The summed E-state index contributed by atoms with van der Waals surface area (Å²) in [5, 5.41) is 2.14. The van der Waals surface area contributed by atoms with E-state index in [9.17, 15) is 8.78 Å². The highest BCUT2D eigenvalue weighted by atomic mass is 19.1. The van der Waals surface area contributed by atoms with Crippen molar-refractivity contribution >= 4 is 21.7 Å². The van der Waals surface area contributed by atoms with E-state index in [-0.39, 0.29) is 5.75 Å². The number of fused-ring (bicyclic) bond motifs is 3. The normalized spacial score (nSPS) is 11.4. The Morgan fingerprint density at radius 2 is 1.38 bits per heavy atom. The van der Waals surface area contributed by atoms with Crippen molar-refractivity contribution in [2.24, 2.45) is 0 Å². The molecule has 0 aliphatic rings. The molecule has 0 N–H and O–H groups in total. The van der Waals surface area contributed by atoms with Gasteiger partial charge in [-0.2, -0.15) is 4.39 Å². The number of aryl methyl sites for hydroxylation is 1. The maximum Gasteiger partial charge on any atom is 0.221 e. The zero-order valence-electron chi connectivity index (χ0n) is 20.2. The van der Waals surface area contributed by atoms with Crippen LogP contribution in [-0.4, -0.2) is 11.6 Å². The summed E-state index contributed by atoms with van der Waals surface area (Å²) in [4.78, 5) is 4.14. The first-order valence-corrected chi connectivity index (χ1v) is 12.5. The first kappa shape index (κ1) is 24.1. The van der Waals surface area contributed by atoms with Crippen LogP contribution in [0.15, 0.2) is 54.6 Å². The quantitative estimate of drug-likeness (QED) is 0.126. The zero-order chi connectivity index (χ0) is 23.9. The molecule has 4 heteroatoms. The van der Waals surface area contributed by atoms with E-state index >= 15 is 0 Å². The van der Waals surface area contributed by atoms with Gasteiger partial charge in [0.1, 0.15) is 0 Å². The second kappa shape index (κ2) is 11.4. The summed E-state index contributed by atoms with van der Waals surface area (Å²) >= 11 is 0. The van der Waals surface area contributed by atoms with E-state index in [4.69, 9.17) is 4.74 Å². The summed E-state index contributed by atoms with van der Waals surface area (Å²) in [6, 6.07) is 16.3. The molecular weight excluding hydrogens is 428 g/mol. The molecule has 178 valence electrons. The van der Waals surface area contributed by atoms with Crippen LogP contribution in [-0.2, 0) is 0 Å². The number of hydrogen-bond donors (Lipinski definition) is 0. The molecule has 0 bridgehead atoms. The number of pyridine rings is 1. The van der Waals surface area contributed by atoms with Crippen LogP contribution in [0.1, 0.15) is 63.9 Å². The van der Waals surface area contributed by atoms with Gasteiger partial charge in [-0.25, -0.2) is 9.37 Å². The minimum Gasteiger partial charge on any atom is -0.491 e. The van der Waals surface area contributed by atoms with Crippen LogP contribution < -0.4 is 4.74 Å². The molecule has 0 atom stereocenters. The van der Waals surface area contributed by atoms with Gasteiger partial charge in [0, 0.05) is 10.8 Å². The molecule has 1 aromatic heterocycles. The number of hydrogen-bond acceptors (Lipinski definition) is 2. The molecule has 0 aliphatic heterocycles. The second-order valence-electron chi connectivity index (χ2n) is 9.15. The van der Waals surface area contributed by atoms with Crippen LogP contribution in [0.3, 0.4) is 0 Å². The van der Waals surface area contributed by atoms with Gasteiger partial charge in [0.15, 0.2) is 11.6 Å². The zero-order valence-corrected chi connectivity index (χ0v) is 20.2. The molecule has 1 heterocycles. The number of halogens is 2. The topological polar surface area (TPSA) is 22.1 Å². The van der Waals surface area contributed by atoms with Gasteiger partial charge in [-0.15, -0.1) is 0 Å². The number of benzene rings is 3. The third kappa shape index (κ3) is 5.72. The highest BCUT2D eigenvalue weighted by Crippen LogP contribution is 2.32. The van der Waals surface area contributed by atoms with Crippen LogP contribution in [0.2, 0.25) is 0 Å². The van der Waals surface area contributed by atoms with E-state index < -0.39 is 11.8 Å². The highest BCUT2D eigenvalue weighted by Gasteiger charge is 2.12. The fourth-order valence-corrected chi connectivity index (χ4v) is 4.47. The average Bonchev–Trinajstić information content (AvgIpc) is 2.83. The van der Waals surface area contributed by atoms with Gasteiger partial charge >= 0.3 is 0 Å². The predicted molar refractivity (Wildman–Crippen MR) is 137 cm³/mol. The Kier molecular flexibility index (Phi) is 8.10. The lowest BCUT2D eigenvalue weighted by Gasteiger charge is -2.11. The maximum absolute atomic E-state index is 14.8. The third-order valence-corrected chi connectivity index (χ3v) is 6.42. The molecule has 0 fully saturated rings. The molecule has 0 radical (unpaired) electrons. The van der Waals surface area contributed by atoms with Gasteiger partial charge in [-0.05, 0) is 59.7 Å². The molecule has 4 aromatic rings. The van der Waals surface area contributed by atoms with E-state index in [2.05, 4.69) is 11.9 Å². The van der Waals surface area contributed by atoms with Crippen molar-refractivity contribution in [3.05, 3.63) is 71.9 Å². The molecular formula is C30H33F2NO. The summed E-state index contributed by atoms with van der Waals surface area (Å²) in [6.07, 6.45) is 9.72. The number of rotatable bonds is 11. The summed E-state index contributed by atoms with van der Waals surface area (Å²) < 4.78 is 35.2. The van der Waals surface area contributed by atoms with Gasteiger partial charge in [0.2, 0.25) is 5.95 Å². The van der Waals surface area contributed by atoms with Crippen LogP contribution in [0, 0.1) is 18.7 Å². The summed E-state index contributed by atoms with van der Waals surface area (Å²) in [6.45, 7) is 4.71. The fraction of sp³-hybridized carbons (Fsp3) is 0.367. The SMILES string of the molecule is CCCCCCCCCCOc1ccc(-c2ccc3c(c2)c(F)nc2cc(C)ccc23)cc1F. The standard InChI is InChI=1S/C30H33F2NO/c1-3-4-5-6-7-8-9-10-17-34-29-16-13-23(20-27(29)31)22-12-15-24-25-14-11-21(2)18-28(25)33-30(32)26(24)19-22/h11-16,18-20H,3-10,17H2,1-2H3. The van der Waals surface area contributed by atoms with Gasteiger partial charge in [0.05, 0.1) is 12.1 Å². The lowest BCUT2D eigenvalue weighted by Crippen LogP contribution is -1.99. The largest absolute Gasteiger partial charge is 0.491 e. The third-order valence-electron chi connectivity index (χ3n) is 6.42. The Hall–Kier alpha value is -3.01. The first-order valence-electron chi connectivity index (χ1n) is 12.5. The van der Waals surface area contributed by atoms with E-state index in [1.807, 2.05) is 43.3 Å². The van der Waals surface area contributed by atoms with Crippen molar-refractivity contribution in [3.63, 3.8) is 0 Å². The number of ether oxygens (including phenoxy) is 1. The lowest BCUT2D eigenvalue weighted by molar-refractivity contribution is 0.290. The van der Waals surface area contributed by atoms with Crippen molar-refractivity contribution in [2.45, 2.75) is 65.2 Å². The van der Waals surface area contributed by atoms with Crippen molar-refractivity contribution in [1.29, 1.82) is 0 Å². The van der Waals surface area contributed by atoms with E-state index in [0.717, 1.165) is 34.7 Å². The van der Waals surface area contributed by atoms with Crippen LogP contribution in [0.25, 0.3) is 32.8 Å². The van der Waals surface area contributed by atoms with Gasteiger partial charge in [-0.3, -0.25) is 0 Å². The molecule has 3 aromatic carbocycles. The molecule has 0 spiro atoms. The molecule has 4 rings (SSSR count). The van der Waals surface area contributed by atoms with E-state index in [1.165, 1.54) is 44.6 Å². The van der Waals surface area contributed by atoms with Gasteiger partial charge in [-0.1, -0.05) is 82.2 Å². The number of aromatic nitrogens is 1. The Balaban J connectivity index is 1.41. The minimum absolute atomic E-state index is 0.265. The molecule has 0 amide bonds. The Bertz CT molecular complexity index is 1270. The maximum atomic E-state index is 14.8. The molecule has 2 nitrogen and oxygen atoms in total. The van der Waals surface area contributed by atoms with Gasteiger partial charge in [0.25, 0.3) is 0 Å². The molecule has 34 heavy (non-hydrogen) atoms. The fourth-order valence-electron chi connectivity index (χ4n) is 4.47. The van der Waals surface area contributed by atoms with Crippen LogP contribution in [0.5, 0.6) is 5.75 Å². The first-order chi connectivity index (χ1) is 16.6. The lowest BCUT2D eigenvalue weighted by atomic mass is 9.99. The van der Waals surface area contributed by atoms with Crippen molar-refractivity contribution in [2.75, 3.05) is 6.61 Å². The van der Waals surface area contributed by atoms with Crippen molar-refractivity contribution in [1.82, 2.24) is 4.98 Å². The Labute approximate surface area is 201 Å². The second-order valence-corrected chi connectivity index (χ2v) is 9.15. The average molecular weight is 462 g/mol. The summed E-state index contributed by atoms with van der Waals surface area (Å²) in [5.41, 5.74) is 3.10. The number of unbranched alkanes of at least 4 members (excludes halogenated alkanes) is 7. The van der Waals surface area contributed by atoms with E-state index in [1.54, 1.807) is 12.1 Å². The van der Waals surface area contributed by atoms with Crippen molar-refractivity contribution in [3.8, 4) is 16.9 Å². The van der Waals surface area contributed by atoms with Crippen LogP contribution in [0.4, 0.5) is 8.78 Å². The Morgan fingerprint density at radius 3 is 2.15 bits per heavy atom. The van der Waals surface area contributed by atoms with E-state index in [0.29, 0.717) is 23.1 Å².